The molecule has 0 radical (unpaired) electrons. The van der Waals surface area contributed by atoms with E-state index in [-0.39, 0.29) is 11.7 Å². The molecule has 5 nitrogen and oxygen atoms in total. The lowest BCUT2D eigenvalue weighted by Crippen LogP contribution is -2.38. The van der Waals surface area contributed by atoms with Crippen molar-refractivity contribution in [3.63, 3.8) is 0 Å². The van der Waals surface area contributed by atoms with Crippen LogP contribution in [0.5, 0.6) is 0 Å². The van der Waals surface area contributed by atoms with Gasteiger partial charge < -0.3 is 5.32 Å². The number of nitrogens with one attached hydrogen (secondary N) is 1. The van der Waals surface area contributed by atoms with Crippen LogP contribution in [0.25, 0.3) is 0 Å². The van der Waals surface area contributed by atoms with Crippen LogP contribution in [0.1, 0.15) is 54.4 Å². The molecule has 0 spiro atoms. The zero-order valence-electron chi connectivity index (χ0n) is 14.5. The summed E-state index contributed by atoms with van der Waals surface area (Å²) >= 11 is 0. The van der Waals surface area contributed by atoms with Gasteiger partial charge in [0.1, 0.15) is 0 Å². The van der Waals surface area contributed by atoms with Gasteiger partial charge in [0, 0.05) is 24.7 Å². The first-order valence-corrected chi connectivity index (χ1v) is 11.0. The monoisotopic (exact) mass is 362 g/mol. The van der Waals surface area contributed by atoms with E-state index in [1.807, 2.05) is 0 Å². The van der Waals surface area contributed by atoms with Crippen molar-refractivity contribution in [3.05, 3.63) is 35.4 Å². The maximum atomic E-state index is 12.4. The summed E-state index contributed by atoms with van der Waals surface area (Å²) in [6, 6.07) is 7.35. The molecule has 0 unspecified atom stereocenters. The molecule has 0 aromatic heterocycles. The fraction of sp³-hybridized carbons (Fsp3) is 0.632. The molecule has 1 aromatic rings. The normalized spacial score (nSPS) is 29.2. The first kappa shape index (κ1) is 17.0. The molecule has 2 aliphatic carbocycles. The molecule has 2 bridgehead atoms. The summed E-state index contributed by atoms with van der Waals surface area (Å²) in [4.78, 5) is 12.4. The lowest BCUT2D eigenvalue weighted by Gasteiger charge is -2.23. The number of rotatable bonds is 5. The summed E-state index contributed by atoms with van der Waals surface area (Å²) in [5.74, 6) is 1.43. The van der Waals surface area contributed by atoms with Crippen LogP contribution >= 0.6 is 0 Å². The van der Waals surface area contributed by atoms with Crippen LogP contribution < -0.4 is 5.32 Å². The Balaban J connectivity index is 1.37. The van der Waals surface area contributed by atoms with Crippen LogP contribution in [0.4, 0.5) is 0 Å². The molecular formula is C19H26N2O3S. The Morgan fingerprint density at radius 1 is 1.08 bits per heavy atom. The molecule has 6 heteroatoms. The number of hydrogen-bond donors (Lipinski definition) is 1. The number of amides is 1. The van der Waals surface area contributed by atoms with Crippen molar-refractivity contribution in [2.75, 3.05) is 13.1 Å². The van der Waals surface area contributed by atoms with Gasteiger partial charge in [-0.1, -0.05) is 18.6 Å². The molecule has 25 heavy (non-hydrogen) atoms. The average Bonchev–Trinajstić information content (AvgIpc) is 3.33. The fourth-order valence-corrected chi connectivity index (χ4v) is 6.30. The van der Waals surface area contributed by atoms with Gasteiger partial charge in [0.15, 0.2) is 0 Å². The van der Waals surface area contributed by atoms with E-state index in [1.54, 1.807) is 28.6 Å². The molecule has 1 heterocycles. The summed E-state index contributed by atoms with van der Waals surface area (Å²) in [5, 5.41) is 3.17. The second-order valence-corrected chi connectivity index (χ2v) is 9.78. The first-order chi connectivity index (χ1) is 12.0. The van der Waals surface area contributed by atoms with E-state index in [0.717, 1.165) is 30.7 Å². The SMILES string of the molecule is O=C(N[C@H]1C[C@H]2CC[C@@H]1C2)c1ccc(CS(=O)(=O)N2CCCC2)cc1. The van der Waals surface area contributed by atoms with Crippen LogP contribution in [0.3, 0.4) is 0 Å². The molecule has 1 N–H and O–H groups in total. The van der Waals surface area contributed by atoms with Gasteiger partial charge in [-0.3, -0.25) is 4.79 Å². The van der Waals surface area contributed by atoms with Crippen molar-refractivity contribution < 1.29 is 13.2 Å². The summed E-state index contributed by atoms with van der Waals surface area (Å²) in [6.07, 6.45) is 6.82. The zero-order valence-corrected chi connectivity index (χ0v) is 15.3. The Labute approximate surface area is 149 Å². The molecule has 4 rings (SSSR count). The van der Waals surface area contributed by atoms with Gasteiger partial charge in [0.25, 0.3) is 5.91 Å². The Hall–Kier alpha value is -1.40. The summed E-state index contributed by atoms with van der Waals surface area (Å²) in [6.45, 7) is 1.26. The van der Waals surface area contributed by atoms with E-state index in [0.29, 0.717) is 30.6 Å². The van der Waals surface area contributed by atoms with Crippen molar-refractivity contribution in [1.29, 1.82) is 0 Å². The zero-order chi connectivity index (χ0) is 17.4. The second-order valence-electron chi connectivity index (χ2n) is 7.81. The predicted molar refractivity (Wildman–Crippen MR) is 96.6 cm³/mol. The summed E-state index contributed by atoms with van der Waals surface area (Å²) < 4.78 is 26.3. The topological polar surface area (TPSA) is 66.5 Å². The maximum Gasteiger partial charge on any atom is 0.251 e. The van der Waals surface area contributed by atoms with E-state index < -0.39 is 10.0 Å². The quantitative estimate of drug-likeness (QED) is 0.875. The number of hydrogen-bond acceptors (Lipinski definition) is 3. The van der Waals surface area contributed by atoms with E-state index in [1.165, 1.54) is 19.3 Å². The predicted octanol–water partition coefficient (Wildman–Crippen LogP) is 2.53. The van der Waals surface area contributed by atoms with Crippen molar-refractivity contribution in [1.82, 2.24) is 9.62 Å². The Kier molecular flexibility index (Phi) is 4.58. The Bertz CT molecular complexity index is 738. The minimum atomic E-state index is -3.24. The molecular weight excluding hydrogens is 336 g/mol. The molecule has 1 aliphatic heterocycles. The number of carbonyl (C=O) groups excluding carboxylic acids is 1. The molecule has 1 aromatic carbocycles. The van der Waals surface area contributed by atoms with Crippen molar-refractivity contribution in [2.24, 2.45) is 11.8 Å². The number of fused-ring (bicyclic) bond motifs is 2. The number of sulfonamides is 1. The second kappa shape index (κ2) is 6.72. The highest BCUT2D eigenvalue weighted by atomic mass is 32.2. The molecule has 1 saturated heterocycles. The van der Waals surface area contributed by atoms with E-state index in [9.17, 15) is 13.2 Å². The van der Waals surface area contributed by atoms with Gasteiger partial charge >= 0.3 is 0 Å². The Morgan fingerprint density at radius 3 is 2.40 bits per heavy atom. The van der Waals surface area contributed by atoms with Crippen LogP contribution in [-0.4, -0.2) is 37.8 Å². The molecule has 136 valence electrons. The van der Waals surface area contributed by atoms with Gasteiger partial charge in [0.05, 0.1) is 5.75 Å². The van der Waals surface area contributed by atoms with Crippen molar-refractivity contribution in [2.45, 2.75) is 50.3 Å². The number of nitrogens with zero attached hydrogens (tertiary/aromatic N) is 1. The van der Waals surface area contributed by atoms with E-state index in [2.05, 4.69) is 5.32 Å². The van der Waals surface area contributed by atoms with Crippen LogP contribution in [-0.2, 0) is 15.8 Å². The molecule has 3 atom stereocenters. The highest BCUT2D eigenvalue weighted by Crippen LogP contribution is 2.44. The fourth-order valence-electron chi connectivity index (χ4n) is 4.69. The molecule has 2 saturated carbocycles. The van der Waals surface area contributed by atoms with Crippen molar-refractivity contribution in [3.8, 4) is 0 Å². The summed E-state index contributed by atoms with van der Waals surface area (Å²) in [7, 11) is -3.24. The lowest BCUT2D eigenvalue weighted by atomic mass is 9.95. The highest BCUT2D eigenvalue weighted by Gasteiger charge is 2.40. The first-order valence-electron chi connectivity index (χ1n) is 9.39. The maximum absolute atomic E-state index is 12.4. The van der Waals surface area contributed by atoms with Gasteiger partial charge in [-0.05, 0) is 61.6 Å². The molecule has 3 aliphatic rings. The van der Waals surface area contributed by atoms with E-state index in [4.69, 9.17) is 0 Å². The van der Waals surface area contributed by atoms with Gasteiger partial charge in [-0.15, -0.1) is 0 Å². The van der Waals surface area contributed by atoms with Gasteiger partial charge in [-0.2, -0.15) is 0 Å². The standard InChI is InChI=1S/C19H26N2O3S/c22-19(20-18-12-15-5-8-17(18)11-15)16-6-3-14(4-7-16)13-25(23,24)21-9-1-2-10-21/h3-4,6-7,15,17-18H,1-2,5,8-13H2,(H,20,22)/t15-,17+,18-/m0/s1. The highest BCUT2D eigenvalue weighted by molar-refractivity contribution is 7.88. The average molecular weight is 362 g/mol. The number of benzene rings is 1. The third kappa shape index (κ3) is 3.60. The van der Waals surface area contributed by atoms with Crippen LogP contribution in [0, 0.1) is 11.8 Å². The third-order valence-corrected chi connectivity index (χ3v) is 7.93. The number of carbonyl (C=O) groups is 1. The molecule has 3 fully saturated rings. The minimum Gasteiger partial charge on any atom is -0.349 e. The largest absolute Gasteiger partial charge is 0.349 e. The third-order valence-electron chi connectivity index (χ3n) is 6.08. The van der Waals surface area contributed by atoms with Gasteiger partial charge in [-0.25, -0.2) is 12.7 Å². The van der Waals surface area contributed by atoms with Crippen molar-refractivity contribution >= 4 is 15.9 Å². The summed E-state index contributed by atoms with van der Waals surface area (Å²) in [5.41, 5.74) is 1.36. The Morgan fingerprint density at radius 2 is 1.80 bits per heavy atom. The lowest BCUT2D eigenvalue weighted by molar-refractivity contribution is 0.0923. The van der Waals surface area contributed by atoms with E-state index >= 15 is 0 Å². The molecule has 1 amide bonds. The smallest absolute Gasteiger partial charge is 0.251 e. The van der Waals surface area contributed by atoms with Gasteiger partial charge in [0.2, 0.25) is 10.0 Å². The van der Waals surface area contributed by atoms with Crippen LogP contribution in [0.2, 0.25) is 0 Å². The minimum absolute atomic E-state index is 0.0152. The van der Waals surface area contributed by atoms with Crippen LogP contribution in [0.15, 0.2) is 24.3 Å².